The molecular formula is C10H19N3O. The maximum Gasteiger partial charge on any atom is 0.220 e. The van der Waals surface area contributed by atoms with Gasteiger partial charge in [-0.15, -0.1) is 0 Å². The fraction of sp³-hybridized carbons (Fsp3) is 0.900. The highest BCUT2D eigenvalue weighted by molar-refractivity contribution is 5.78. The van der Waals surface area contributed by atoms with Crippen molar-refractivity contribution in [2.24, 2.45) is 0 Å². The quantitative estimate of drug-likeness (QED) is 0.631. The van der Waals surface area contributed by atoms with E-state index in [0.29, 0.717) is 18.5 Å². The lowest BCUT2D eigenvalue weighted by Crippen LogP contribution is -2.52. The molecule has 0 aliphatic carbocycles. The second kappa shape index (κ2) is 4.28. The van der Waals surface area contributed by atoms with Crippen LogP contribution in [-0.2, 0) is 4.79 Å². The topological polar surface area (TPSA) is 44.4 Å². The standard InChI is InChI=1S/C10H19N3O/c1-8-6-13(5-4-11-8)7-9-2-3-10(14)12-9/h8-9,11H,2-7H2,1H3,(H,12,14). The fourth-order valence-electron chi connectivity index (χ4n) is 2.30. The molecule has 4 heteroatoms. The van der Waals surface area contributed by atoms with E-state index < -0.39 is 0 Å². The zero-order valence-electron chi connectivity index (χ0n) is 8.75. The molecule has 0 aromatic rings. The molecule has 2 fully saturated rings. The van der Waals surface area contributed by atoms with E-state index in [1.54, 1.807) is 0 Å². The average Bonchev–Trinajstić information content (AvgIpc) is 2.51. The minimum Gasteiger partial charge on any atom is -0.352 e. The highest BCUT2D eigenvalue weighted by Crippen LogP contribution is 2.09. The third-order valence-corrected chi connectivity index (χ3v) is 3.02. The van der Waals surface area contributed by atoms with Gasteiger partial charge in [0.15, 0.2) is 0 Å². The zero-order valence-corrected chi connectivity index (χ0v) is 8.75. The molecule has 0 radical (unpaired) electrons. The van der Waals surface area contributed by atoms with Crippen LogP contribution in [0.2, 0.25) is 0 Å². The molecule has 1 amide bonds. The second-order valence-corrected chi connectivity index (χ2v) is 4.42. The predicted molar refractivity (Wildman–Crippen MR) is 55.1 cm³/mol. The fourth-order valence-corrected chi connectivity index (χ4v) is 2.30. The highest BCUT2D eigenvalue weighted by Gasteiger charge is 2.24. The first kappa shape index (κ1) is 9.93. The maximum absolute atomic E-state index is 11.0. The molecular weight excluding hydrogens is 178 g/mol. The summed E-state index contributed by atoms with van der Waals surface area (Å²) in [5, 5.41) is 6.43. The van der Waals surface area contributed by atoms with Gasteiger partial charge in [0.05, 0.1) is 0 Å². The Morgan fingerprint density at radius 3 is 3.07 bits per heavy atom. The molecule has 14 heavy (non-hydrogen) atoms. The summed E-state index contributed by atoms with van der Waals surface area (Å²) in [4.78, 5) is 13.5. The Labute approximate surface area is 85.0 Å². The van der Waals surface area contributed by atoms with E-state index in [1.807, 2.05) is 0 Å². The molecule has 2 N–H and O–H groups in total. The summed E-state index contributed by atoms with van der Waals surface area (Å²) in [6.07, 6.45) is 1.73. The van der Waals surface area contributed by atoms with Gasteiger partial charge in [0.1, 0.15) is 0 Å². The van der Waals surface area contributed by atoms with Gasteiger partial charge >= 0.3 is 0 Å². The van der Waals surface area contributed by atoms with Crippen molar-refractivity contribution >= 4 is 5.91 Å². The third-order valence-electron chi connectivity index (χ3n) is 3.02. The highest BCUT2D eigenvalue weighted by atomic mass is 16.1. The van der Waals surface area contributed by atoms with E-state index in [4.69, 9.17) is 0 Å². The number of hydrogen-bond donors (Lipinski definition) is 2. The number of carbonyl (C=O) groups is 1. The summed E-state index contributed by atoms with van der Waals surface area (Å²) >= 11 is 0. The molecule has 2 unspecified atom stereocenters. The van der Waals surface area contributed by atoms with Gasteiger partial charge < -0.3 is 10.6 Å². The van der Waals surface area contributed by atoms with Crippen LogP contribution in [-0.4, -0.2) is 49.1 Å². The number of nitrogens with zero attached hydrogens (tertiary/aromatic N) is 1. The molecule has 0 saturated carbocycles. The van der Waals surface area contributed by atoms with Crippen LogP contribution in [0.3, 0.4) is 0 Å². The van der Waals surface area contributed by atoms with E-state index >= 15 is 0 Å². The molecule has 2 saturated heterocycles. The molecule has 2 aliphatic heterocycles. The number of hydrogen-bond acceptors (Lipinski definition) is 3. The Hall–Kier alpha value is -0.610. The first-order valence-corrected chi connectivity index (χ1v) is 5.49. The molecule has 4 nitrogen and oxygen atoms in total. The zero-order chi connectivity index (χ0) is 9.97. The van der Waals surface area contributed by atoms with Crippen molar-refractivity contribution in [3.05, 3.63) is 0 Å². The first-order chi connectivity index (χ1) is 6.74. The first-order valence-electron chi connectivity index (χ1n) is 5.49. The van der Waals surface area contributed by atoms with Gasteiger partial charge in [0.25, 0.3) is 0 Å². The summed E-state index contributed by atoms with van der Waals surface area (Å²) in [6.45, 7) is 6.52. The largest absolute Gasteiger partial charge is 0.352 e. The molecule has 0 spiro atoms. The van der Waals surface area contributed by atoms with Gasteiger partial charge in [-0.3, -0.25) is 9.69 Å². The lowest BCUT2D eigenvalue weighted by Gasteiger charge is -2.33. The maximum atomic E-state index is 11.0. The van der Waals surface area contributed by atoms with Crippen LogP contribution < -0.4 is 10.6 Å². The molecule has 2 atom stereocenters. The minimum atomic E-state index is 0.221. The summed E-state index contributed by atoms with van der Waals surface area (Å²) < 4.78 is 0. The van der Waals surface area contributed by atoms with Crippen molar-refractivity contribution in [2.45, 2.75) is 31.8 Å². The van der Waals surface area contributed by atoms with Crippen molar-refractivity contribution < 1.29 is 4.79 Å². The van der Waals surface area contributed by atoms with Crippen molar-refractivity contribution in [2.75, 3.05) is 26.2 Å². The van der Waals surface area contributed by atoms with Crippen molar-refractivity contribution in [1.82, 2.24) is 15.5 Å². The van der Waals surface area contributed by atoms with E-state index in [0.717, 1.165) is 32.6 Å². The van der Waals surface area contributed by atoms with Gasteiger partial charge in [-0.1, -0.05) is 0 Å². The number of amides is 1. The Morgan fingerprint density at radius 1 is 1.57 bits per heavy atom. The Morgan fingerprint density at radius 2 is 2.43 bits per heavy atom. The van der Waals surface area contributed by atoms with Gasteiger partial charge in [-0.2, -0.15) is 0 Å². The lowest BCUT2D eigenvalue weighted by atomic mass is 10.2. The minimum absolute atomic E-state index is 0.221. The van der Waals surface area contributed by atoms with Gasteiger partial charge in [-0.05, 0) is 13.3 Å². The normalized spacial score (nSPS) is 34.5. The lowest BCUT2D eigenvalue weighted by molar-refractivity contribution is -0.119. The SMILES string of the molecule is CC1CN(CC2CCC(=O)N2)CCN1. The molecule has 2 rings (SSSR count). The van der Waals surface area contributed by atoms with E-state index in [-0.39, 0.29) is 5.91 Å². The Kier molecular flexibility index (Phi) is 3.03. The number of rotatable bonds is 2. The van der Waals surface area contributed by atoms with E-state index in [9.17, 15) is 4.79 Å². The molecule has 0 aromatic carbocycles. The number of carbonyl (C=O) groups excluding carboxylic acids is 1. The average molecular weight is 197 g/mol. The summed E-state index contributed by atoms with van der Waals surface area (Å²) in [5.74, 6) is 0.221. The summed E-state index contributed by atoms with van der Waals surface area (Å²) in [5.41, 5.74) is 0. The third kappa shape index (κ3) is 2.45. The van der Waals surface area contributed by atoms with Crippen molar-refractivity contribution in [1.29, 1.82) is 0 Å². The summed E-state index contributed by atoms with van der Waals surface area (Å²) in [7, 11) is 0. The predicted octanol–water partition coefficient (Wildman–Crippen LogP) is -0.441. The van der Waals surface area contributed by atoms with Crippen molar-refractivity contribution in [3.63, 3.8) is 0 Å². The van der Waals surface area contributed by atoms with Crippen LogP contribution in [0.1, 0.15) is 19.8 Å². The molecule has 0 aromatic heterocycles. The molecule has 2 heterocycles. The van der Waals surface area contributed by atoms with Crippen molar-refractivity contribution in [3.8, 4) is 0 Å². The molecule has 80 valence electrons. The Bertz CT molecular complexity index is 219. The van der Waals surface area contributed by atoms with Crippen LogP contribution in [0, 0.1) is 0 Å². The van der Waals surface area contributed by atoms with Gasteiger partial charge in [-0.25, -0.2) is 0 Å². The number of nitrogens with one attached hydrogen (secondary N) is 2. The summed E-state index contributed by atoms with van der Waals surface area (Å²) in [6, 6.07) is 0.980. The van der Waals surface area contributed by atoms with E-state index in [2.05, 4.69) is 22.5 Å². The van der Waals surface area contributed by atoms with Crippen LogP contribution in [0.15, 0.2) is 0 Å². The molecule has 0 bridgehead atoms. The number of piperazine rings is 1. The van der Waals surface area contributed by atoms with E-state index in [1.165, 1.54) is 0 Å². The van der Waals surface area contributed by atoms with Gasteiger partial charge in [0.2, 0.25) is 5.91 Å². The monoisotopic (exact) mass is 197 g/mol. The Balaban J connectivity index is 1.76. The molecule has 2 aliphatic rings. The van der Waals surface area contributed by atoms with Crippen LogP contribution in [0.5, 0.6) is 0 Å². The smallest absolute Gasteiger partial charge is 0.220 e. The van der Waals surface area contributed by atoms with Gasteiger partial charge in [0, 0.05) is 44.7 Å². The van der Waals surface area contributed by atoms with Crippen LogP contribution in [0.4, 0.5) is 0 Å². The van der Waals surface area contributed by atoms with Crippen LogP contribution in [0.25, 0.3) is 0 Å². The van der Waals surface area contributed by atoms with Crippen LogP contribution >= 0.6 is 0 Å². The second-order valence-electron chi connectivity index (χ2n) is 4.42.